The predicted octanol–water partition coefficient (Wildman–Crippen LogP) is 3.19. The third-order valence-corrected chi connectivity index (χ3v) is 3.99. The van der Waals surface area contributed by atoms with Gasteiger partial charge < -0.3 is 5.73 Å². The summed E-state index contributed by atoms with van der Waals surface area (Å²) >= 11 is 2.18. The van der Waals surface area contributed by atoms with Gasteiger partial charge >= 0.3 is 0 Å². The number of benzene rings is 2. The van der Waals surface area contributed by atoms with Crippen LogP contribution in [0.2, 0.25) is 0 Å². The summed E-state index contributed by atoms with van der Waals surface area (Å²) in [6.45, 7) is 3.99. The molecule has 21 heavy (non-hydrogen) atoms. The number of fused-ring (bicyclic) bond motifs is 1. The maximum absolute atomic E-state index is 12.8. The number of hydrogen-bond acceptors (Lipinski definition) is 3. The van der Waals surface area contributed by atoms with Gasteiger partial charge in [-0.3, -0.25) is 4.79 Å². The molecule has 0 fully saturated rings. The first-order chi connectivity index (χ1) is 9.95. The number of rotatable bonds is 1. The quantitative estimate of drug-likeness (QED) is 0.649. The molecule has 0 aliphatic rings. The molecule has 0 aliphatic heterocycles. The summed E-state index contributed by atoms with van der Waals surface area (Å²) in [5.74, 6) is 0.207. The molecule has 2 N–H and O–H groups in total. The fraction of sp³-hybridized carbons (Fsp3) is 0.125. The topological polar surface area (TPSA) is 60.9 Å². The lowest BCUT2D eigenvalue weighted by Crippen LogP contribution is -2.23. The van der Waals surface area contributed by atoms with Crippen molar-refractivity contribution < 1.29 is 0 Å². The first kappa shape index (κ1) is 14.1. The fourth-order valence-corrected chi connectivity index (χ4v) is 3.00. The lowest BCUT2D eigenvalue weighted by Gasteiger charge is -2.12. The van der Waals surface area contributed by atoms with E-state index < -0.39 is 0 Å². The second-order valence-corrected chi connectivity index (χ2v) is 6.36. The molecule has 0 radical (unpaired) electrons. The number of anilines is 1. The zero-order chi connectivity index (χ0) is 15.1. The maximum Gasteiger partial charge on any atom is 0.267 e. The van der Waals surface area contributed by atoms with Crippen molar-refractivity contribution in [2.75, 3.05) is 5.73 Å². The van der Waals surface area contributed by atoms with Gasteiger partial charge in [0.05, 0.1) is 16.6 Å². The Bertz CT molecular complexity index is 895. The van der Waals surface area contributed by atoms with Crippen LogP contribution in [0, 0.1) is 17.4 Å². The van der Waals surface area contributed by atoms with E-state index in [0.717, 1.165) is 20.4 Å². The van der Waals surface area contributed by atoms with Crippen LogP contribution in [-0.2, 0) is 0 Å². The molecule has 3 rings (SSSR count). The van der Waals surface area contributed by atoms with E-state index in [2.05, 4.69) is 33.6 Å². The number of aromatic nitrogens is 2. The third-order valence-electron chi connectivity index (χ3n) is 3.32. The number of aryl methyl sites for hydroxylation is 2. The first-order valence-electron chi connectivity index (χ1n) is 6.52. The average Bonchev–Trinajstić information content (AvgIpc) is 2.39. The Labute approximate surface area is 135 Å². The van der Waals surface area contributed by atoms with Crippen LogP contribution in [0.25, 0.3) is 16.6 Å². The summed E-state index contributed by atoms with van der Waals surface area (Å²) in [6, 6.07) is 11.5. The molecule has 2 aromatic carbocycles. The minimum atomic E-state index is -0.138. The summed E-state index contributed by atoms with van der Waals surface area (Å²) in [7, 11) is 0. The number of nitrogens with two attached hydrogens (primary N) is 1. The molecule has 1 heterocycles. The number of hydrogen-bond donors (Lipinski definition) is 1. The maximum atomic E-state index is 12.8. The smallest absolute Gasteiger partial charge is 0.267 e. The molecule has 0 amide bonds. The van der Waals surface area contributed by atoms with E-state index in [1.54, 1.807) is 0 Å². The van der Waals surface area contributed by atoms with Gasteiger partial charge in [-0.15, -0.1) is 0 Å². The molecule has 0 atom stereocenters. The van der Waals surface area contributed by atoms with Gasteiger partial charge in [0, 0.05) is 3.57 Å². The highest BCUT2D eigenvalue weighted by molar-refractivity contribution is 14.1. The van der Waals surface area contributed by atoms with Crippen LogP contribution in [0.1, 0.15) is 11.1 Å². The van der Waals surface area contributed by atoms with E-state index in [-0.39, 0.29) is 11.5 Å². The second kappa shape index (κ2) is 5.14. The van der Waals surface area contributed by atoms with Crippen molar-refractivity contribution in [1.82, 2.24) is 9.55 Å². The Kier molecular flexibility index (Phi) is 3.44. The lowest BCUT2D eigenvalue weighted by atomic mass is 10.1. The fourth-order valence-electron chi connectivity index (χ4n) is 2.50. The average molecular weight is 391 g/mol. The van der Waals surface area contributed by atoms with E-state index in [1.165, 1.54) is 4.57 Å². The monoisotopic (exact) mass is 391 g/mol. The van der Waals surface area contributed by atoms with Gasteiger partial charge in [-0.1, -0.05) is 6.07 Å². The van der Waals surface area contributed by atoms with Gasteiger partial charge in [0.25, 0.3) is 5.56 Å². The largest absolute Gasteiger partial charge is 0.369 e. The minimum Gasteiger partial charge on any atom is -0.369 e. The Hall–Kier alpha value is -1.89. The molecular weight excluding hydrogens is 377 g/mol. The van der Waals surface area contributed by atoms with Gasteiger partial charge in [-0.25, -0.2) is 9.55 Å². The Balaban J connectivity index is 2.39. The van der Waals surface area contributed by atoms with Crippen LogP contribution >= 0.6 is 22.6 Å². The molecule has 0 unspecified atom stereocenters. The van der Waals surface area contributed by atoms with E-state index in [1.807, 2.05) is 44.2 Å². The van der Waals surface area contributed by atoms with Gasteiger partial charge in [0.1, 0.15) is 0 Å². The van der Waals surface area contributed by atoms with Gasteiger partial charge in [-0.05, 0) is 77.9 Å². The van der Waals surface area contributed by atoms with E-state index in [4.69, 9.17) is 5.73 Å². The Morgan fingerprint density at radius 2 is 1.76 bits per heavy atom. The molecular formula is C16H14IN3O. The first-order valence-corrected chi connectivity index (χ1v) is 7.60. The van der Waals surface area contributed by atoms with Crippen molar-refractivity contribution in [3.8, 4) is 5.69 Å². The van der Waals surface area contributed by atoms with Crippen LogP contribution in [0.4, 0.5) is 5.95 Å². The van der Waals surface area contributed by atoms with E-state index >= 15 is 0 Å². The third kappa shape index (κ3) is 2.53. The Morgan fingerprint density at radius 3 is 2.43 bits per heavy atom. The molecule has 0 saturated carbocycles. The minimum absolute atomic E-state index is 0.138. The van der Waals surface area contributed by atoms with Crippen LogP contribution in [0.15, 0.2) is 41.2 Å². The zero-order valence-corrected chi connectivity index (χ0v) is 13.9. The van der Waals surface area contributed by atoms with E-state index in [0.29, 0.717) is 10.9 Å². The predicted molar refractivity (Wildman–Crippen MR) is 93.9 cm³/mol. The summed E-state index contributed by atoms with van der Waals surface area (Å²) in [5, 5.41) is 0.579. The SMILES string of the molecule is Cc1cc(C)cc(-n2c(N)nc3ccc(I)cc3c2=O)c1. The summed E-state index contributed by atoms with van der Waals surface area (Å²) in [6.07, 6.45) is 0. The van der Waals surface area contributed by atoms with Gasteiger partial charge in [-0.2, -0.15) is 0 Å². The molecule has 5 heteroatoms. The zero-order valence-electron chi connectivity index (χ0n) is 11.7. The highest BCUT2D eigenvalue weighted by Crippen LogP contribution is 2.18. The molecule has 0 spiro atoms. The van der Waals surface area contributed by atoms with Crippen molar-refractivity contribution in [2.24, 2.45) is 0 Å². The van der Waals surface area contributed by atoms with Gasteiger partial charge in [0.2, 0.25) is 5.95 Å². The summed E-state index contributed by atoms with van der Waals surface area (Å²) < 4.78 is 2.47. The normalized spacial score (nSPS) is 11.0. The van der Waals surface area contributed by atoms with Crippen molar-refractivity contribution in [3.05, 3.63) is 61.4 Å². The Morgan fingerprint density at radius 1 is 1.10 bits per heavy atom. The summed E-state index contributed by atoms with van der Waals surface area (Å²) in [5.41, 5.74) is 9.41. The lowest BCUT2D eigenvalue weighted by molar-refractivity contribution is 0.977. The van der Waals surface area contributed by atoms with Crippen molar-refractivity contribution in [1.29, 1.82) is 0 Å². The van der Waals surface area contributed by atoms with Gasteiger partial charge in [0.15, 0.2) is 0 Å². The molecule has 4 nitrogen and oxygen atoms in total. The van der Waals surface area contributed by atoms with E-state index in [9.17, 15) is 4.79 Å². The molecule has 0 saturated heterocycles. The number of nitrogen functional groups attached to an aromatic ring is 1. The summed E-state index contributed by atoms with van der Waals surface area (Å²) in [4.78, 5) is 17.1. The highest BCUT2D eigenvalue weighted by Gasteiger charge is 2.11. The van der Waals surface area contributed by atoms with Crippen LogP contribution in [0.3, 0.4) is 0 Å². The van der Waals surface area contributed by atoms with Crippen LogP contribution in [-0.4, -0.2) is 9.55 Å². The van der Waals surface area contributed by atoms with Crippen molar-refractivity contribution in [2.45, 2.75) is 13.8 Å². The van der Waals surface area contributed by atoms with Crippen molar-refractivity contribution >= 4 is 39.4 Å². The van der Waals surface area contributed by atoms with Crippen LogP contribution in [0.5, 0.6) is 0 Å². The van der Waals surface area contributed by atoms with Crippen molar-refractivity contribution in [3.63, 3.8) is 0 Å². The second-order valence-electron chi connectivity index (χ2n) is 5.12. The number of nitrogens with zero attached hydrogens (tertiary/aromatic N) is 2. The molecule has 0 bridgehead atoms. The molecule has 106 valence electrons. The molecule has 3 aromatic rings. The van der Waals surface area contributed by atoms with Crippen LogP contribution < -0.4 is 11.3 Å². The molecule has 0 aliphatic carbocycles. The molecule has 1 aromatic heterocycles. The highest BCUT2D eigenvalue weighted by atomic mass is 127. The number of halogens is 1. The standard InChI is InChI=1S/C16H14IN3O/c1-9-5-10(2)7-12(6-9)20-15(21)13-8-11(17)3-4-14(13)19-16(20)18/h3-8H,1-2H3,(H2,18,19).